The summed E-state index contributed by atoms with van der Waals surface area (Å²) in [5.41, 5.74) is 0. The van der Waals surface area contributed by atoms with E-state index in [1.165, 1.54) is 18.2 Å². The number of benzene rings is 1. The Labute approximate surface area is 106 Å². The molecule has 1 aromatic heterocycles. The van der Waals surface area contributed by atoms with Gasteiger partial charge in [0.1, 0.15) is 4.90 Å². The molecule has 1 aromatic carbocycles. The minimum absolute atomic E-state index is 0.00787. The molecular weight excluding hydrogens is 289 g/mol. The molecule has 17 heavy (non-hydrogen) atoms. The Bertz CT molecular complexity index is 628. The number of H-pyrrole nitrogens is 1. The molecule has 0 saturated carbocycles. The first-order chi connectivity index (χ1) is 7.99. The number of tetrazole rings is 1. The van der Waals surface area contributed by atoms with Crippen LogP contribution < -0.4 is 4.72 Å². The van der Waals surface area contributed by atoms with Crippen LogP contribution in [-0.4, -0.2) is 29.0 Å². The predicted octanol–water partition coefficient (Wildman–Crippen LogP) is 1.31. The Morgan fingerprint density at radius 3 is 2.65 bits per heavy atom. The second-order valence-corrected chi connectivity index (χ2v) is 5.41. The van der Waals surface area contributed by atoms with E-state index in [0.717, 1.165) is 0 Å². The highest BCUT2D eigenvalue weighted by atomic mass is 35.5. The molecule has 1 heterocycles. The summed E-state index contributed by atoms with van der Waals surface area (Å²) in [6.45, 7) is 0. The summed E-state index contributed by atoms with van der Waals surface area (Å²) in [4.78, 5) is -0.117. The molecular formula is C7H5Cl2N5O2S. The van der Waals surface area contributed by atoms with Gasteiger partial charge in [-0.15, -0.1) is 5.10 Å². The van der Waals surface area contributed by atoms with Crippen molar-refractivity contribution in [2.75, 3.05) is 4.72 Å². The highest BCUT2D eigenvalue weighted by molar-refractivity contribution is 7.92. The van der Waals surface area contributed by atoms with Gasteiger partial charge in [-0.2, -0.15) is 5.21 Å². The maximum atomic E-state index is 11.9. The maximum absolute atomic E-state index is 11.9. The van der Waals surface area contributed by atoms with E-state index >= 15 is 0 Å². The number of anilines is 1. The van der Waals surface area contributed by atoms with E-state index in [1.54, 1.807) is 0 Å². The molecule has 0 radical (unpaired) electrons. The fraction of sp³-hybridized carbons (Fsp3) is 0. The molecule has 0 aliphatic carbocycles. The van der Waals surface area contributed by atoms with Gasteiger partial charge in [0, 0.05) is 5.02 Å². The third-order valence-corrected chi connectivity index (χ3v) is 3.80. The highest BCUT2D eigenvalue weighted by Gasteiger charge is 2.19. The van der Waals surface area contributed by atoms with Crippen molar-refractivity contribution in [3.63, 3.8) is 0 Å². The predicted molar refractivity (Wildman–Crippen MR) is 61.4 cm³/mol. The van der Waals surface area contributed by atoms with Gasteiger partial charge >= 0.3 is 0 Å². The van der Waals surface area contributed by atoms with Crippen LogP contribution in [0.25, 0.3) is 0 Å². The van der Waals surface area contributed by atoms with Crippen LogP contribution in [0.1, 0.15) is 0 Å². The summed E-state index contributed by atoms with van der Waals surface area (Å²) in [5.74, 6) is -0.170. The Balaban J connectivity index is 2.38. The van der Waals surface area contributed by atoms with Crippen LogP contribution in [0.3, 0.4) is 0 Å². The van der Waals surface area contributed by atoms with Crippen molar-refractivity contribution in [2.24, 2.45) is 0 Å². The van der Waals surface area contributed by atoms with Crippen molar-refractivity contribution in [3.8, 4) is 0 Å². The molecule has 0 aliphatic rings. The lowest BCUT2D eigenvalue weighted by Gasteiger charge is -2.06. The van der Waals surface area contributed by atoms with Crippen LogP contribution >= 0.6 is 23.2 Å². The van der Waals surface area contributed by atoms with Gasteiger partial charge in [-0.1, -0.05) is 28.3 Å². The van der Waals surface area contributed by atoms with Gasteiger partial charge in [0.15, 0.2) is 0 Å². The Hall–Kier alpha value is -1.38. The van der Waals surface area contributed by atoms with Gasteiger partial charge in [0.2, 0.25) is 0 Å². The van der Waals surface area contributed by atoms with E-state index in [0.29, 0.717) is 5.02 Å². The molecule has 0 spiro atoms. The van der Waals surface area contributed by atoms with E-state index in [1.807, 2.05) is 0 Å². The van der Waals surface area contributed by atoms with E-state index in [4.69, 9.17) is 23.2 Å². The lowest BCUT2D eigenvalue weighted by Crippen LogP contribution is -2.14. The van der Waals surface area contributed by atoms with Crippen LogP contribution in [0.2, 0.25) is 10.0 Å². The molecule has 2 rings (SSSR count). The number of hydrogen-bond acceptors (Lipinski definition) is 5. The standard InChI is InChI=1S/C7H5Cl2N5O2S/c8-4-1-2-6(5(9)3-4)17(15,16)12-7-10-13-14-11-7/h1-3H,(H2,10,11,12,13,14). The fourth-order valence-electron chi connectivity index (χ4n) is 1.07. The Morgan fingerprint density at radius 1 is 1.29 bits per heavy atom. The summed E-state index contributed by atoms with van der Waals surface area (Å²) >= 11 is 11.5. The van der Waals surface area contributed by atoms with Gasteiger partial charge in [0.25, 0.3) is 16.0 Å². The first kappa shape index (κ1) is 12.1. The number of nitrogens with zero attached hydrogens (tertiary/aromatic N) is 3. The number of nitrogens with one attached hydrogen (secondary N) is 2. The largest absolute Gasteiger partial charge is 0.276 e. The van der Waals surface area contributed by atoms with E-state index in [-0.39, 0.29) is 15.9 Å². The lowest BCUT2D eigenvalue weighted by molar-refractivity contribution is 0.601. The molecule has 0 bridgehead atoms. The first-order valence-corrected chi connectivity index (χ1v) is 6.44. The van der Waals surface area contributed by atoms with Gasteiger partial charge in [-0.05, 0) is 23.4 Å². The molecule has 0 saturated heterocycles. The summed E-state index contributed by atoms with van der Waals surface area (Å²) in [5, 5.41) is 12.6. The Morgan fingerprint density at radius 2 is 2.06 bits per heavy atom. The SMILES string of the molecule is O=S(=O)(Nc1nn[nH]n1)c1ccc(Cl)cc1Cl. The van der Waals surface area contributed by atoms with Gasteiger partial charge in [0.05, 0.1) is 5.02 Å². The van der Waals surface area contributed by atoms with Gasteiger partial charge in [-0.25, -0.2) is 13.1 Å². The quantitative estimate of drug-likeness (QED) is 0.888. The van der Waals surface area contributed by atoms with Crippen LogP contribution in [0.5, 0.6) is 0 Å². The first-order valence-electron chi connectivity index (χ1n) is 4.20. The zero-order valence-corrected chi connectivity index (χ0v) is 10.4. The molecule has 2 N–H and O–H groups in total. The second-order valence-electron chi connectivity index (χ2n) is 2.92. The van der Waals surface area contributed by atoms with Crippen molar-refractivity contribution in [1.29, 1.82) is 0 Å². The van der Waals surface area contributed by atoms with E-state index < -0.39 is 10.0 Å². The van der Waals surface area contributed by atoms with Gasteiger partial charge < -0.3 is 0 Å². The summed E-state index contributed by atoms with van der Waals surface area (Å²) < 4.78 is 25.8. The van der Waals surface area contributed by atoms with Crippen molar-refractivity contribution in [1.82, 2.24) is 20.6 Å². The van der Waals surface area contributed by atoms with Crippen molar-refractivity contribution < 1.29 is 8.42 Å². The van der Waals surface area contributed by atoms with Crippen molar-refractivity contribution >= 4 is 39.2 Å². The molecule has 7 nitrogen and oxygen atoms in total. The van der Waals surface area contributed by atoms with Gasteiger partial charge in [-0.3, -0.25) is 0 Å². The lowest BCUT2D eigenvalue weighted by atomic mass is 10.4. The average molecular weight is 294 g/mol. The zero-order chi connectivity index (χ0) is 12.5. The highest BCUT2D eigenvalue weighted by Crippen LogP contribution is 2.25. The molecule has 90 valence electrons. The number of sulfonamides is 1. The third-order valence-electron chi connectivity index (χ3n) is 1.75. The molecule has 10 heteroatoms. The van der Waals surface area contributed by atoms with Crippen LogP contribution in [0, 0.1) is 0 Å². The Kier molecular flexibility index (Phi) is 3.18. The average Bonchev–Trinajstić information content (AvgIpc) is 2.68. The normalized spacial score (nSPS) is 11.4. The molecule has 0 amide bonds. The van der Waals surface area contributed by atoms with Crippen molar-refractivity contribution in [2.45, 2.75) is 4.90 Å². The number of rotatable bonds is 3. The van der Waals surface area contributed by atoms with Crippen LogP contribution in [0.4, 0.5) is 5.95 Å². The number of halogens is 2. The molecule has 0 unspecified atom stereocenters. The van der Waals surface area contributed by atoms with Crippen molar-refractivity contribution in [3.05, 3.63) is 28.2 Å². The summed E-state index contributed by atoms with van der Waals surface area (Å²) in [6, 6.07) is 4.03. The molecule has 0 aliphatic heterocycles. The fourth-order valence-corrected chi connectivity index (χ4v) is 2.79. The van der Waals surface area contributed by atoms with E-state index in [2.05, 4.69) is 25.3 Å². The number of aromatic nitrogens is 4. The van der Waals surface area contributed by atoms with Crippen LogP contribution in [-0.2, 0) is 10.0 Å². The topological polar surface area (TPSA) is 101 Å². The monoisotopic (exact) mass is 293 g/mol. The number of hydrogen-bond donors (Lipinski definition) is 2. The number of aromatic amines is 1. The zero-order valence-electron chi connectivity index (χ0n) is 8.05. The minimum atomic E-state index is -3.86. The second kappa shape index (κ2) is 4.47. The maximum Gasteiger partial charge on any atom is 0.276 e. The smallest absolute Gasteiger partial charge is 0.245 e. The minimum Gasteiger partial charge on any atom is -0.245 e. The van der Waals surface area contributed by atoms with E-state index in [9.17, 15) is 8.42 Å². The molecule has 0 fully saturated rings. The molecule has 2 aromatic rings. The van der Waals surface area contributed by atoms with Crippen LogP contribution in [0.15, 0.2) is 23.1 Å². The third kappa shape index (κ3) is 2.65. The summed E-state index contributed by atoms with van der Waals surface area (Å²) in [6.07, 6.45) is 0. The summed E-state index contributed by atoms with van der Waals surface area (Å²) in [7, 11) is -3.86. The molecule has 0 atom stereocenters.